The Morgan fingerprint density at radius 2 is 1.90 bits per heavy atom. The molecule has 2 aromatic heterocycles. The first kappa shape index (κ1) is 18.5. The van der Waals surface area contributed by atoms with Gasteiger partial charge in [0.15, 0.2) is 5.65 Å². The Morgan fingerprint density at radius 1 is 1.17 bits per heavy atom. The molecule has 2 aromatic carbocycles. The second-order valence-corrected chi connectivity index (χ2v) is 7.25. The lowest BCUT2D eigenvalue weighted by Crippen LogP contribution is -2.23. The summed E-state index contributed by atoms with van der Waals surface area (Å²) in [7, 11) is 3.51. The number of carbonyl (C=O) groups is 1. The number of para-hydroxylation sites is 2. The molecule has 0 saturated heterocycles. The third-order valence-electron chi connectivity index (χ3n) is 4.97. The number of fused-ring (bicyclic) bond motifs is 3. The number of pyridine rings is 1. The number of rotatable bonds is 4. The van der Waals surface area contributed by atoms with Crippen LogP contribution in [0.15, 0.2) is 54.6 Å². The van der Waals surface area contributed by atoms with Crippen molar-refractivity contribution in [2.24, 2.45) is 0 Å². The summed E-state index contributed by atoms with van der Waals surface area (Å²) in [4.78, 5) is 18.2. The number of carbonyl (C=O) groups excluding carboxylic acids is 1. The van der Waals surface area contributed by atoms with Crippen molar-refractivity contribution in [1.29, 1.82) is 5.26 Å². The van der Waals surface area contributed by atoms with Gasteiger partial charge in [0.2, 0.25) is 5.91 Å². The molecule has 0 unspecified atom stereocenters. The molecule has 0 spiro atoms. The van der Waals surface area contributed by atoms with Crippen LogP contribution in [0.2, 0.25) is 0 Å². The molecule has 0 radical (unpaired) electrons. The van der Waals surface area contributed by atoms with Crippen LogP contribution in [0, 0.1) is 18.3 Å². The minimum atomic E-state index is 0.0695. The highest BCUT2D eigenvalue weighted by molar-refractivity contribution is 5.86. The Hall–Kier alpha value is -3.85. The number of anilines is 2. The summed E-state index contributed by atoms with van der Waals surface area (Å²) in [6.07, 6.45) is 0.375. The Balaban J connectivity index is 1.75. The quantitative estimate of drug-likeness (QED) is 0.577. The minimum Gasteiger partial charge on any atom is -0.349 e. The maximum Gasteiger partial charge on any atom is 0.226 e. The van der Waals surface area contributed by atoms with Crippen molar-refractivity contribution in [3.05, 3.63) is 71.3 Å². The van der Waals surface area contributed by atoms with Crippen LogP contribution in [0.5, 0.6) is 0 Å². The van der Waals surface area contributed by atoms with Crippen LogP contribution in [0.1, 0.15) is 16.7 Å². The minimum absolute atomic E-state index is 0.0695. The number of hydrogen-bond acceptors (Lipinski definition) is 4. The van der Waals surface area contributed by atoms with Crippen LogP contribution >= 0.6 is 0 Å². The molecule has 0 saturated carbocycles. The topological polar surface area (TPSA) is 73.4 Å². The van der Waals surface area contributed by atoms with Crippen molar-refractivity contribution < 1.29 is 4.79 Å². The van der Waals surface area contributed by atoms with E-state index in [9.17, 15) is 10.1 Å². The Bertz CT molecular complexity index is 1260. The lowest BCUT2D eigenvalue weighted by atomic mass is 10.1. The van der Waals surface area contributed by atoms with E-state index in [-0.39, 0.29) is 5.91 Å². The first-order chi connectivity index (χ1) is 14.0. The molecule has 4 aromatic rings. The van der Waals surface area contributed by atoms with Gasteiger partial charge in [0.1, 0.15) is 11.9 Å². The van der Waals surface area contributed by atoms with Gasteiger partial charge in [-0.1, -0.05) is 24.3 Å². The van der Waals surface area contributed by atoms with Gasteiger partial charge in [0.25, 0.3) is 0 Å². The Morgan fingerprint density at radius 3 is 2.59 bits per heavy atom. The van der Waals surface area contributed by atoms with Crippen LogP contribution < -0.4 is 5.32 Å². The van der Waals surface area contributed by atoms with E-state index in [1.165, 1.54) is 0 Å². The molecule has 0 aliphatic rings. The number of hydrogen-bond donors (Lipinski definition) is 1. The van der Waals surface area contributed by atoms with E-state index in [4.69, 9.17) is 0 Å². The van der Waals surface area contributed by atoms with Gasteiger partial charge in [-0.25, -0.2) is 4.98 Å². The zero-order chi connectivity index (χ0) is 20.5. The highest BCUT2D eigenvalue weighted by Gasteiger charge is 2.15. The number of nitrogens with one attached hydrogen (secondary N) is 1. The highest BCUT2D eigenvalue weighted by Crippen LogP contribution is 2.28. The highest BCUT2D eigenvalue weighted by atomic mass is 16.2. The number of nitriles is 1. The van der Waals surface area contributed by atoms with E-state index >= 15 is 0 Å². The zero-order valence-corrected chi connectivity index (χ0v) is 16.6. The van der Waals surface area contributed by atoms with E-state index in [0.717, 1.165) is 33.7 Å². The summed E-state index contributed by atoms with van der Waals surface area (Å²) in [5, 5.41) is 13.0. The van der Waals surface area contributed by atoms with Gasteiger partial charge >= 0.3 is 0 Å². The molecule has 0 aliphatic heterocycles. The van der Waals surface area contributed by atoms with E-state index < -0.39 is 0 Å². The van der Waals surface area contributed by atoms with E-state index in [1.54, 1.807) is 19.0 Å². The fourth-order valence-electron chi connectivity index (χ4n) is 3.37. The average Bonchev–Trinajstić information content (AvgIpc) is 3.09. The maximum absolute atomic E-state index is 11.9. The number of aryl methyl sites for hydroxylation is 1. The molecule has 4 rings (SSSR count). The lowest BCUT2D eigenvalue weighted by Gasteiger charge is -2.13. The van der Waals surface area contributed by atoms with E-state index in [0.29, 0.717) is 17.6 Å². The van der Waals surface area contributed by atoms with Crippen molar-refractivity contribution in [2.75, 3.05) is 19.4 Å². The molecule has 144 valence electrons. The van der Waals surface area contributed by atoms with Crippen LogP contribution in [0.25, 0.3) is 16.7 Å². The third-order valence-corrected chi connectivity index (χ3v) is 4.97. The second-order valence-electron chi connectivity index (χ2n) is 7.25. The molecular formula is C23H21N5O. The molecule has 0 fully saturated rings. The van der Waals surface area contributed by atoms with Crippen LogP contribution in [-0.2, 0) is 11.2 Å². The van der Waals surface area contributed by atoms with Crippen LogP contribution in [-0.4, -0.2) is 34.3 Å². The first-order valence-corrected chi connectivity index (χ1v) is 9.35. The summed E-state index contributed by atoms with van der Waals surface area (Å²) in [5.41, 5.74) is 5.72. The molecule has 0 atom stereocenters. The van der Waals surface area contributed by atoms with Crippen molar-refractivity contribution in [3.8, 4) is 6.07 Å². The SMILES string of the molecule is Cc1cc(Nc2ccc(CC(=O)N(C)C)cc2)n2c(nc3ccccc32)c1C#N. The predicted octanol–water partition coefficient (Wildman–Crippen LogP) is 4.04. The van der Waals surface area contributed by atoms with Gasteiger partial charge in [-0.15, -0.1) is 0 Å². The summed E-state index contributed by atoms with van der Waals surface area (Å²) in [5.74, 6) is 0.905. The number of imidazole rings is 1. The zero-order valence-electron chi connectivity index (χ0n) is 16.6. The molecule has 29 heavy (non-hydrogen) atoms. The Labute approximate surface area is 169 Å². The van der Waals surface area contributed by atoms with Gasteiger partial charge < -0.3 is 10.2 Å². The van der Waals surface area contributed by atoms with Crippen LogP contribution in [0.4, 0.5) is 11.5 Å². The number of likely N-dealkylation sites (N-methyl/N-ethyl adjacent to an activating group) is 1. The maximum atomic E-state index is 11.9. The standard InChI is InChI=1S/C23H21N5O/c1-15-12-21(25-17-10-8-16(9-11-17)13-22(29)27(2)3)28-20-7-5-4-6-19(20)26-23(28)18(15)14-24/h4-12,25H,13H2,1-3H3. The molecule has 0 bridgehead atoms. The largest absolute Gasteiger partial charge is 0.349 e. The van der Waals surface area contributed by atoms with Crippen molar-refractivity contribution in [2.45, 2.75) is 13.3 Å². The normalized spacial score (nSPS) is 10.8. The van der Waals surface area contributed by atoms with Crippen molar-refractivity contribution in [1.82, 2.24) is 14.3 Å². The smallest absolute Gasteiger partial charge is 0.226 e. The molecule has 0 aliphatic carbocycles. The molecule has 6 nitrogen and oxygen atoms in total. The van der Waals surface area contributed by atoms with Crippen molar-refractivity contribution >= 4 is 34.1 Å². The summed E-state index contributed by atoms with van der Waals surface area (Å²) >= 11 is 0. The Kier molecular flexibility index (Phi) is 4.65. The fraction of sp³-hybridized carbons (Fsp3) is 0.174. The number of amides is 1. The molecule has 6 heteroatoms. The lowest BCUT2D eigenvalue weighted by molar-refractivity contribution is -0.127. The number of benzene rings is 2. The summed E-state index contributed by atoms with van der Waals surface area (Å²) in [6, 6.07) is 19.9. The summed E-state index contributed by atoms with van der Waals surface area (Å²) in [6.45, 7) is 1.92. The molecule has 1 N–H and O–H groups in total. The first-order valence-electron chi connectivity index (χ1n) is 9.35. The van der Waals surface area contributed by atoms with Gasteiger partial charge in [-0.3, -0.25) is 9.20 Å². The molecular weight excluding hydrogens is 362 g/mol. The predicted molar refractivity (Wildman–Crippen MR) is 114 cm³/mol. The number of nitrogens with zero attached hydrogens (tertiary/aromatic N) is 4. The van der Waals surface area contributed by atoms with E-state index in [1.807, 2.05) is 65.9 Å². The monoisotopic (exact) mass is 383 g/mol. The number of aromatic nitrogens is 2. The van der Waals surface area contributed by atoms with Gasteiger partial charge in [-0.2, -0.15) is 5.26 Å². The molecule has 2 heterocycles. The van der Waals surface area contributed by atoms with Gasteiger partial charge in [0.05, 0.1) is 23.0 Å². The average molecular weight is 383 g/mol. The molecule has 1 amide bonds. The van der Waals surface area contributed by atoms with Gasteiger partial charge in [-0.05, 0) is 48.4 Å². The second kappa shape index (κ2) is 7.28. The van der Waals surface area contributed by atoms with Crippen molar-refractivity contribution in [3.63, 3.8) is 0 Å². The van der Waals surface area contributed by atoms with Crippen LogP contribution in [0.3, 0.4) is 0 Å². The van der Waals surface area contributed by atoms with Gasteiger partial charge in [0, 0.05) is 19.8 Å². The fourth-order valence-corrected chi connectivity index (χ4v) is 3.37. The summed E-state index contributed by atoms with van der Waals surface area (Å²) < 4.78 is 1.98. The van der Waals surface area contributed by atoms with E-state index in [2.05, 4.69) is 16.4 Å². The third kappa shape index (κ3) is 3.39.